The largest absolute Gasteiger partial charge is 0.352 e. The monoisotopic (exact) mass is 550 g/mol. The number of halogens is 1. The minimum Gasteiger partial charge on any atom is -0.352 e. The minimum absolute atomic E-state index is 0.257. The highest BCUT2D eigenvalue weighted by atomic mass is 127. The molecule has 0 heterocycles. The summed E-state index contributed by atoms with van der Waals surface area (Å²) in [6, 6.07) is 2.66. The van der Waals surface area contributed by atoms with Crippen LogP contribution in [-0.4, -0.2) is 37.1 Å². The summed E-state index contributed by atoms with van der Waals surface area (Å²) in [5.41, 5.74) is 10.4. The highest BCUT2D eigenvalue weighted by Crippen LogP contribution is 2.60. The van der Waals surface area contributed by atoms with Gasteiger partial charge in [-0.1, -0.05) is 0 Å². The third-order valence-electron chi connectivity index (χ3n) is 2.95. The van der Waals surface area contributed by atoms with Crippen LogP contribution in [-0.2, 0) is 18.9 Å². The van der Waals surface area contributed by atoms with Gasteiger partial charge in [0.05, 0.1) is 15.9 Å². The van der Waals surface area contributed by atoms with Crippen LogP contribution in [0.25, 0.3) is 0 Å². The fourth-order valence-electron chi connectivity index (χ4n) is 1.66. The number of carbonyl (C=O) groups excluding carboxylic acids is 2. The summed E-state index contributed by atoms with van der Waals surface area (Å²) in [6.45, 7) is 0.269. The molecule has 150 valence electrons. The number of nitrogens with zero attached hydrogens (tertiary/aromatic N) is 1. The van der Waals surface area contributed by atoms with Gasteiger partial charge in [-0.25, -0.2) is 8.76 Å². The molecule has 2 atom stereocenters. The Morgan fingerprint density at radius 3 is 2.48 bits per heavy atom. The zero-order valence-electron chi connectivity index (χ0n) is 13.6. The minimum atomic E-state index is -4.18. The lowest BCUT2D eigenvalue weighted by atomic mass is 10.2. The third-order valence-corrected chi connectivity index (χ3v) is 10.4. The first-order valence-corrected chi connectivity index (χ1v) is 14.1. The van der Waals surface area contributed by atoms with Crippen LogP contribution in [0.1, 0.15) is 12.8 Å². The van der Waals surface area contributed by atoms with Crippen molar-refractivity contribution < 1.29 is 26.9 Å². The maximum Gasteiger partial charge on any atom is 0.312 e. The number of non-ortho nitro benzene ring substituents is 1. The fraction of sp³-hybridized carbons (Fsp3) is 0.333. The molecule has 27 heavy (non-hydrogen) atoms. The first kappa shape index (κ1) is 24.0. The highest BCUT2D eigenvalue weighted by molar-refractivity contribution is 14.2. The number of nitrogens with one attached hydrogen (secondary N) is 1. The van der Waals surface area contributed by atoms with Crippen LogP contribution in [0, 0.1) is 10.1 Å². The molecule has 1 rings (SSSR count). The number of nitro benzene ring substituents is 1. The van der Waals surface area contributed by atoms with Crippen molar-refractivity contribution in [3.8, 4) is 0 Å². The number of carbonyl (C=O) groups is 2. The van der Waals surface area contributed by atoms with E-state index in [2.05, 4.69) is 5.32 Å². The van der Waals surface area contributed by atoms with E-state index in [0.29, 0.717) is 17.8 Å². The molecule has 0 saturated carbocycles. The van der Waals surface area contributed by atoms with Crippen molar-refractivity contribution in [2.75, 3.05) is 6.54 Å². The zero-order valence-corrected chi connectivity index (χ0v) is 18.3. The van der Waals surface area contributed by atoms with Gasteiger partial charge in [-0.2, -0.15) is 8.42 Å². The first-order chi connectivity index (χ1) is 12.5. The zero-order chi connectivity index (χ0) is 20.6. The molecule has 11 nitrogen and oxygen atoms in total. The number of nitro groups is 1. The molecule has 2 amide bonds. The lowest BCUT2D eigenvalue weighted by Gasteiger charge is -2.13. The molecule has 0 saturated heterocycles. The lowest BCUT2D eigenvalue weighted by Crippen LogP contribution is -2.32. The number of amides is 2. The van der Waals surface area contributed by atoms with E-state index in [1.54, 1.807) is 22.0 Å². The van der Waals surface area contributed by atoms with Crippen LogP contribution in [0.5, 0.6) is 0 Å². The predicted molar refractivity (Wildman–Crippen MR) is 110 cm³/mol. The van der Waals surface area contributed by atoms with E-state index in [1.165, 1.54) is 0 Å². The molecule has 0 spiro atoms. The summed E-state index contributed by atoms with van der Waals surface area (Å²) in [7, 11) is -4.18. The van der Waals surface area contributed by atoms with Gasteiger partial charge in [0, 0.05) is 18.7 Å². The van der Waals surface area contributed by atoms with Gasteiger partial charge in [0.2, 0.25) is 5.12 Å². The summed E-state index contributed by atoms with van der Waals surface area (Å²) >= 11 is 2.35. The number of benzene rings is 1. The van der Waals surface area contributed by atoms with Gasteiger partial charge in [-0.3, -0.25) is 14.9 Å². The second-order valence-corrected chi connectivity index (χ2v) is 14.1. The first-order valence-electron chi connectivity index (χ1n) is 7.18. The molecule has 1 aromatic carbocycles. The van der Waals surface area contributed by atoms with E-state index in [4.69, 9.17) is 15.4 Å². The Kier molecular flexibility index (Phi) is 9.83. The topological polar surface area (TPSA) is 185 Å². The van der Waals surface area contributed by atoms with E-state index < -0.39 is 37.2 Å². The van der Waals surface area contributed by atoms with Crippen LogP contribution in [0.4, 0.5) is 10.5 Å². The molecule has 5 N–H and O–H groups in total. The molecular weight excluding hydrogens is 534 g/mol. The summed E-state index contributed by atoms with van der Waals surface area (Å²) in [6.07, 6.45) is 0.707. The van der Waals surface area contributed by atoms with Crippen molar-refractivity contribution in [2.24, 2.45) is 11.5 Å². The van der Waals surface area contributed by atoms with E-state index >= 15 is 0 Å². The van der Waals surface area contributed by atoms with E-state index in [0.717, 1.165) is 24.3 Å². The maximum atomic E-state index is 12.2. The van der Waals surface area contributed by atoms with Crippen molar-refractivity contribution >= 4 is 65.4 Å². The summed E-state index contributed by atoms with van der Waals surface area (Å²) in [5, 5.41) is 12.5. The van der Waals surface area contributed by atoms with Crippen molar-refractivity contribution in [3.05, 3.63) is 34.4 Å². The number of primary amides is 1. The maximum absolute atomic E-state index is 12.2. The van der Waals surface area contributed by atoms with Crippen molar-refractivity contribution in [1.29, 1.82) is 0 Å². The van der Waals surface area contributed by atoms with Crippen LogP contribution in [0.3, 0.4) is 0 Å². The number of hydrogen-bond acceptors (Lipinski definition) is 9. The van der Waals surface area contributed by atoms with Gasteiger partial charge in [-0.15, -0.1) is 0 Å². The Morgan fingerprint density at radius 2 is 1.96 bits per heavy atom. The molecule has 0 radical (unpaired) electrons. The average Bonchev–Trinajstić information content (AvgIpc) is 2.57. The molecule has 0 bridgehead atoms. The standard InChI is InChI=1S/C12H16IN4O7PS2/c13-25(26-11(18)10(14)2-1-7-16-12(15)19)24-27(22,23)9-5-3-8(4-6-9)17(20)21/h3-6,10H,1-2,7,14H2,(H3,15,16,19)/t10-,25?/m0/s1. The number of nitrogens with two attached hydrogens (primary N) is 2. The quantitative estimate of drug-likeness (QED) is 0.129. The Labute approximate surface area is 173 Å². The number of urea groups is 1. The van der Waals surface area contributed by atoms with Crippen LogP contribution in [0.15, 0.2) is 29.2 Å². The van der Waals surface area contributed by atoms with Crippen LogP contribution < -0.4 is 16.8 Å². The van der Waals surface area contributed by atoms with E-state index in [1.807, 2.05) is 0 Å². The molecule has 0 aromatic heterocycles. The van der Waals surface area contributed by atoms with Crippen LogP contribution >= 0.6 is 38.4 Å². The molecule has 0 aliphatic rings. The molecule has 0 aliphatic carbocycles. The van der Waals surface area contributed by atoms with Gasteiger partial charge in [0.1, 0.15) is 0 Å². The number of hydrogen-bond donors (Lipinski definition) is 3. The smallest absolute Gasteiger partial charge is 0.312 e. The molecule has 0 fully saturated rings. The van der Waals surface area contributed by atoms with E-state index in [9.17, 15) is 28.1 Å². The Balaban J connectivity index is 2.56. The number of rotatable bonds is 10. The highest BCUT2D eigenvalue weighted by Gasteiger charge is 2.26. The second-order valence-electron chi connectivity index (χ2n) is 4.94. The summed E-state index contributed by atoms with van der Waals surface area (Å²) in [4.78, 5) is 30.5. The van der Waals surface area contributed by atoms with Crippen molar-refractivity contribution in [1.82, 2.24) is 5.32 Å². The lowest BCUT2D eigenvalue weighted by molar-refractivity contribution is -0.384. The normalized spacial score (nSPS) is 13.6. The second kappa shape index (κ2) is 11.1. The molecule has 15 heteroatoms. The van der Waals surface area contributed by atoms with Gasteiger partial charge in [-0.05, 0) is 58.4 Å². The Hall–Kier alpha value is -1.06. The van der Waals surface area contributed by atoms with Gasteiger partial charge in [0.25, 0.3) is 5.69 Å². The van der Waals surface area contributed by atoms with Gasteiger partial charge in [0.15, 0.2) is 4.99 Å². The predicted octanol–water partition coefficient (Wildman–Crippen LogP) is 2.00. The third kappa shape index (κ3) is 8.66. The average molecular weight is 550 g/mol. The summed E-state index contributed by atoms with van der Waals surface area (Å²) < 4.78 is 29.3. The Morgan fingerprint density at radius 1 is 1.37 bits per heavy atom. The van der Waals surface area contributed by atoms with Crippen LogP contribution in [0.2, 0.25) is 0 Å². The SMILES string of the molecule is NC(=O)NCCC[C@H](N)C(=O)SP(I)OS(=O)(=O)c1ccc([N+](=O)[O-])cc1. The van der Waals surface area contributed by atoms with E-state index in [-0.39, 0.29) is 23.5 Å². The summed E-state index contributed by atoms with van der Waals surface area (Å²) in [5.74, 6) is 0. The Bertz CT molecular complexity index is 793. The fourth-order valence-corrected chi connectivity index (χ4v) is 9.09. The molecular formula is C12H16IN4O7PS2. The molecule has 1 unspecified atom stereocenters. The van der Waals surface area contributed by atoms with Gasteiger partial charge >= 0.3 is 16.1 Å². The molecule has 1 aromatic rings. The molecule has 0 aliphatic heterocycles. The van der Waals surface area contributed by atoms with Crippen molar-refractivity contribution in [3.63, 3.8) is 0 Å². The van der Waals surface area contributed by atoms with Crippen molar-refractivity contribution in [2.45, 2.75) is 23.8 Å². The van der Waals surface area contributed by atoms with Gasteiger partial charge < -0.3 is 16.8 Å².